The van der Waals surface area contributed by atoms with Crippen LogP contribution in [0.15, 0.2) is 17.0 Å². The van der Waals surface area contributed by atoms with Crippen molar-refractivity contribution in [3.05, 3.63) is 23.3 Å². The molecule has 0 radical (unpaired) electrons. The number of carbonyl (C=O) groups is 1. The first-order chi connectivity index (χ1) is 7.95. The standard InChI is InChI=1S/C10H7F2NO3S/c11-10(12)16-7-2-1-5(4-13)6(9(7)17)3-8(14)15/h1-2,10,17H,3H2,(H,14,15). The van der Waals surface area contributed by atoms with Crippen LogP contribution in [0.5, 0.6) is 5.75 Å². The molecule has 1 aromatic carbocycles. The molecule has 0 saturated carbocycles. The highest BCUT2D eigenvalue weighted by Crippen LogP contribution is 2.30. The number of alkyl halides is 2. The molecule has 0 fully saturated rings. The summed E-state index contributed by atoms with van der Waals surface area (Å²) in [7, 11) is 0. The number of rotatable bonds is 4. The lowest BCUT2D eigenvalue weighted by Gasteiger charge is -2.11. The van der Waals surface area contributed by atoms with Crippen molar-refractivity contribution in [3.8, 4) is 11.8 Å². The van der Waals surface area contributed by atoms with E-state index in [0.717, 1.165) is 6.07 Å². The Morgan fingerprint density at radius 2 is 2.24 bits per heavy atom. The number of halogens is 2. The third kappa shape index (κ3) is 3.32. The molecule has 90 valence electrons. The van der Waals surface area contributed by atoms with Crippen LogP contribution in [0.4, 0.5) is 8.78 Å². The first-order valence-corrected chi connectivity index (χ1v) is 4.82. The van der Waals surface area contributed by atoms with Crippen LogP contribution in [-0.2, 0) is 11.2 Å². The van der Waals surface area contributed by atoms with Crippen molar-refractivity contribution < 1.29 is 23.4 Å². The van der Waals surface area contributed by atoms with Crippen molar-refractivity contribution in [2.24, 2.45) is 0 Å². The van der Waals surface area contributed by atoms with Gasteiger partial charge in [-0.25, -0.2) is 0 Å². The predicted octanol–water partition coefficient (Wildman–Crippen LogP) is 2.08. The minimum absolute atomic E-state index is 0.0569. The van der Waals surface area contributed by atoms with E-state index in [1.807, 2.05) is 0 Å². The van der Waals surface area contributed by atoms with Gasteiger partial charge in [-0.2, -0.15) is 14.0 Å². The molecule has 1 N–H and O–H groups in total. The second-order valence-corrected chi connectivity index (χ2v) is 3.45. The molecule has 0 bridgehead atoms. The maximum atomic E-state index is 12.0. The van der Waals surface area contributed by atoms with Crippen LogP contribution in [0.25, 0.3) is 0 Å². The molecule has 0 unspecified atom stereocenters. The summed E-state index contributed by atoms with van der Waals surface area (Å²) in [5.41, 5.74) is 0.125. The number of thiol groups is 1. The van der Waals surface area contributed by atoms with Crippen molar-refractivity contribution in [3.63, 3.8) is 0 Å². The molecule has 0 aliphatic rings. The van der Waals surface area contributed by atoms with Crippen LogP contribution in [-0.4, -0.2) is 17.7 Å². The van der Waals surface area contributed by atoms with Crippen molar-refractivity contribution >= 4 is 18.6 Å². The van der Waals surface area contributed by atoms with E-state index < -0.39 is 19.0 Å². The first-order valence-electron chi connectivity index (χ1n) is 4.37. The van der Waals surface area contributed by atoms with E-state index in [1.54, 1.807) is 6.07 Å². The summed E-state index contributed by atoms with van der Waals surface area (Å²) in [6, 6.07) is 4.14. The van der Waals surface area contributed by atoms with Gasteiger partial charge in [0.2, 0.25) is 0 Å². The zero-order chi connectivity index (χ0) is 13.0. The Morgan fingerprint density at radius 3 is 2.71 bits per heavy atom. The first kappa shape index (κ1) is 13.3. The van der Waals surface area contributed by atoms with Gasteiger partial charge in [-0.3, -0.25) is 4.79 Å². The van der Waals surface area contributed by atoms with Crippen molar-refractivity contribution in [1.29, 1.82) is 5.26 Å². The number of hydrogen-bond acceptors (Lipinski definition) is 4. The van der Waals surface area contributed by atoms with Gasteiger partial charge in [0.25, 0.3) is 0 Å². The predicted molar refractivity (Wildman–Crippen MR) is 56.4 cm³/mol. The van der Waals surface area contributed by atoms with Gasteiger partial charge in [-0.15, -0.1) is 12.6 Å². The normalized spacial score (nSPS) is 10.1. The number of carboxylic acid groups (broad SMARTS) is 1. The number of hydrogen-bond donors (Lipinski definition) is 2. The van der Waals surface area contributed by atoms with Crippen LogP contribution in [0.3, 0.4) is 0 Å². The van der Waals surface area contributed by atoms with Gasteiger partial charge < -0.3 is 9.84 Å². The second kappa shape index (κ2) is 5.50. The molecular weight excluding hydrogens is 252 g/mol. The molecule has 0 heterocycles. The summed E-state index contributed by atoms with van der Waals surface area (Å²) >= 11 is 3.91. The van der Waals surface area contributed by atoms with Gasteiger partial charge >= 0.3 is 12.6 Å². The fourth-order valence-corrected chi connectivity index (χ4v) is 1.57. The number of aliphatic carboxylic acids is 1. The number of nitrogens with zero attached hydrogens (tertiary/aromatic N) is 1. The Balaban J connectivity index is 3.23. The van der Waals surface area contributed by atoms with Crippen molar-refractivity contribution in [2.75, 3.05) is 0 Å². The zero-order valence-electron chi connectivity index (χ0n) is 8.35. The number of carboxylic acids is 1. The SMILES string of the molecule is N#Cc1ccc(OC(F)F)c(S)c1CC(=O)O. The van der Waals surface area contributed by atoms with Gasteiger partial charge in [0.05, 0.1) is 22.9 Å². The van der Waals surface area contributed by atoms with Crippen LogP contribution in [0.1, 0.15) is 11.1 Å². The molecule has 0 atom stereocenters. The minimum Gasteiger partial charge on any atom is -0.481 e. The molecular formula is C10H7F2NO3S. The molecule has 0 saturated heterocycles. The van der Waals surface area contributed by atoms with Gasteiger partial charge in [-0.05, 0) is 17.7 Å². The third-order valence-electron chi connectivity index (χ3n) is 1.91. The summed E-state index contributed by atoms with van der Waals surface area (Å²) in [6.45, 7) is -3.04. The molecule has 17 heavy (non-hydrogen) atoms. The highest BCUT2D eigenvalue weighted by atomic mass is 32.1. The molecule has 7 heteroatoms. The zero-order valence-corrected chi connectivity index (χ0v) is 9.25. The van der Waals surface area contributed by atoms with Gasteiger partial charge in [0.15, 0.2) is 0 Å². The number of ether oxygens (including phenoxy) is 1. The summed E-state index contributed by atoms with van der Waals surface area (Å²) in [5, 5.41) is 17.4. The molecule has 4 nitrogen and oxygen atoms in total. The third-order valence-corrected chi connectivity index (χ3v) is 2.40. The Labute approximate surface area is 101 Å². The fraction of sp³-hybridized carbons (Fsp3) is 0.200. The van der Waals surface area contributed by atoms with E-state index in [1.165, 1.54) is 6.07 Å². The van der Waals surface area contributed by atoms with Crippen LogP contribution >= 0.6 is 12.6 Å². The van der Waals surface area contributed by atoms with Crippen LogP contribution < -0.4 is 4.74 Å². The van der Waals surface area contributed by atoms with E-state index in [2.05, 4.69) is 17.4 Å². The monoisotopic (exact) mass is 259 g/mol. The molecule has 1 rings (SSSR count). The van der Waals surface area contributed by atoms with Crippen molar-refractivity contribution in [2.45, 2.75) is 17.9 Å². The van der Waals surface area contributed by atoms with E-state index in [0.29, 0.717) is 0 Å². The molecule has 1 aromatic rings. The summed E-state index contributed by atoms with van der Waals surface area (Å²) in [6.07, 6.45) is -0.484. The molecule has 0 amide bonds. The average molecular weight is 259 g/mol. The van der Waals surface area contributed by atoms with E-state index in [4.69, 9.17) is 10.4 Å². The number of nitriles is 1. The van der Waals surface area contributed by atoms with Gasteiger partial charge in [0.1, 0.15) is 5.75 Å². The Hall–Kier alpha value is -1.81. The van der Waals surface area contributed by atoms with Gasteiger partial charge in [-0.1, -0.05) is 0 Å². The summed E-state index contributed by atoms with van der Waals surface area (Å²) in [5.74, 6) is -1.44. The van der Waals surface area contributed by atoms with Crippen molar-refractivity contribution in [1.82, 2.24) is 0 Å². The largest absolute Gasteiger partial charge is 0.481 e. The number of benzene rings is 1. The Morgan fingerprint density at radius 1 is 1.59 bits per heavy atom. The molecule has 0 spiro atoms. The lowest BCUT2D eigenvalue weighted by Crippen LogP contribution is -2.07. The molecule has 0 aliphatic heterocycles. The van der Waals surface area contributed by atoms with Crippen LogP contribution in [0, 0.1) is 11.3 Å². The summed E-state index contributed by atoms with van der Waals surface area (Å²) in [4.78, 5) is 10.5. The lowest BCUT2D eigenvalue weighted by atomic mass is 10.0. The quantitative estimate of drug-likeness (QED) is 0.812. The van der Waals surface area contributed by atoms with Crippen LogP contribution in [0.2, 0.25) is 0 Å². The van der Waals surface area contributed by atoms with E-state index in [-0.39, 0.29) is 21.8 Å². The van der Waals surface area contributed by atoms with Gasteiger partial charge in [0, 0.05) is 0 Å². The smallest absolute Gasteiger partial charge is 0.387 e. The summed E-state index contributed by atoms with van der Waals surface area (Å²) < 4.78 is 28.2. The Bertz CT molecular complexity index is 485. The minimum atomic E-state index is -3.04. The Kier molecular flexibility index (Phi) is 4.29. The highest BCUT2D eigenvalue weighted by Gasteiger charge is 2.16. The topological polar surface area (TPSA) is 70.3 Å². The van der Waals surface area contributed by atoms with E-state index in [9.17, 15) is 13.6 Å². The fourth-order valence-electron chi connectivity index (χ4n) is 1.24. The lowest BCUT2D eigenvalue weighted by molar-refractivity contribution is -0.136. The van der Waals surface area contributed by atoms with E-state index >= 15 is 0 Å². The average Bonchev–Trinajstić information content (AvgIpc) is 2.23. The highest BCUT2D eigenvalue weighted by molar-refractivity contribution is 7.80. The molecule has 0 aromatic heterocycles. The molecule has 0 aliphatic carbocycles. The maximum Gasteiger partial charge on any atom is 0.387 e. The maximum absolute atomic E-state index is 12.0. The second-order valence-electron chi connectivity index (χ2n) is 3.00.